The number of hydrogen-bond acceptors (Lipinski definition) is 4. The van der Waals surface area contributed by atoms with E-state index < -0.39 is 45.1 Å². The normalized spacial score (nSPS) is 17.1. The standard InChI is InChI=1S/C39H46F6S4Si2/c1-23-25(3)35(46-21-19-27-11-15-29(16-12-27)50(5,6)7)48-33(23)31-32(38(42,43)39(44,45)37(31,40)41)34-24(2)26(4)36(49-34)47-22-20-28-13-17-30(18-14-28)51(8,9)10/h11-18H,19-22H2,1-10H3. The quantitative estimate of drug-likeness (QED) is 0.0794. The minimum Gasteiger partial charge on any atom is -0.194 e. The van der Waals surface area contributed by atoms with E-state index in [-0.39, 0.29) is 9.75 Å². The summed E-state index contributed by atoms with van der Waals surface area (Å²) in [5, 5.41) is 2.71. The number of halogens is 6. The molecule has 0 unspecified atom stereocenters. The Bertz CT molecular complexity index is 1790. The van der Waals surface area contributed by atoms with Crippen molar-refractivity contribution in [2.45, 2.75) is 106 Å². The summed E-state index contributed by atoms with van der Waals surface area (Å²) in [7, 11) is -2.87. The first-order chi connectivity index (χ1) is 23.5. The topological polar surface area (TPSA) is 0 Å². The van der Waals surface area contributed by atoms with E-state index in [9.17, 15) is 0 Å². The van der Waals surface area contributed by atoms with Crippen molar-refractivity contribution < 1.29 is 26.3 Å². The number of thiophene rings is 2. The molecule has 1 aliphatic rings. The van der Waals surface area contributed by atoms with Crippen molar-refractivity contribution >= 4 is 83.9 Å². The van der Waals surface area contributed by atoms with Crippen LogP contribution in [0.3, 0.4) is 0 Å². The van der Waals surface area contributed by atoms with Gasteiger partial charge in [-0.1, -0.05) is 98.2 Å². The predicted molar refractivity (Wildman–Crippen MR) is 217 cm³/mol. The average molecular weight is 813 g/mol. The molecule has 5 rings (SSSR count). The lowest BCUT2D eigenvalue weighted by Gasteiger charge is -2.25. The van der Waals surface area contributed by atoms with Crippen molar-refractivity contribution in [3.8, 4) is 0 Å². The van der Waals surface area contributed by atoms with Gasteiger partial charge < -0.3 is 0 Å². The number of benzene rings is 2. The van der Waals surface area contributed by atoms with E-state index in [0.717, 1.165) is 46.6 Å². The molecule has 0 aliphatic heterocycles. The molecule has 0 spiro atoms. The summed E-state index contributed by atoms with van der Waals surface area (Å²) in [4.78, 5) is -0.375. The minimum absolute atomic E-state index is 0.187. The third kappa shape index (κ3) is 7.65. The van der Waals surface area contributed by atoms with Crippen LogP contribution in [0.4, 0.5) is 26.3 Å². The lowest BCUT2D eigenvalue weighted by molar-refractivity contribution is -0.254. The molecule has 0 radical (unpaired) electrons. The number of alkyl halides is 6. The fraction of sp³-hybridized carbons (Fsp3) is 0.436. The van der Waals surface area contributed by atoms with Crippen molar-refractivity contribution in [2.24, 2.45) is 0 Å². The zero-order valence-electron chi connectivity index (χ0n) is 30.8. The van der Waals surface area contributed by atoms with Gasteiger partial charge in [0, 0.05) is 21.3 Å². The molecule has 2 heterocycles. The first kappa shape index (κ1) is 40.5. The summed E-state index contributed by atoms with van der Waals surface area (Å²) < 4.78 is 95.4. The Balaban J connectivity index is 1.45. The highest BCUT2D eigenvalue weighted by molar-refractivity contribution is 8.01. The van der Waals surface area contributed by atoms with Crippen molar-refractivity contribution in [1.82, 2.24) is 0 Å². The van der Waals surface area contributed by atoms with Crippen LogP contribution in [-0.4, -0.2) is 45.4 Å². The molecule has 276 valence electrons. The Hall–Kier alpha value is -1.71. The van der Waals surface area contributed by atoms with Crippen LogP contribution in [-0.2, 0) is 12.8 Å². The second kappa shape index (κ2) is 14.5. The SMILES string of the molecule is Cc1c(SCCc2ccc([Si](C)(C)C)cc2)sc(C2=C(c3sc(SCCc4ccc([Si](C)(C)C)cc4)c(C)c3C)C(F)(F)C(F)(F)C2(F)F)c1C. The predicted octanol–water partition coefficient (Wildman–Crippen LogP) is 12.6. The van der Waals surface area contributed by atoms with Gasteiger partial charge in [0.1, 0.15) is 0 Å². The lowest BCUT2D eigenvalue weighted by atomic mass is 9.99. The zero-order valence-corrected chi connectivity index (χ0v) is 36.1. The molecule has 2 aromatic heterocycles. The molecule has 4 aromatic rings. The first-order valence-corrected chi connectivity index (χ1v) is 27.6. The van der Waals surface area contributed by atoms with E-state index in [4.69, 9.17) is 0 Å². The second-order valence-corrected chi connectivity index (χ2v) is 30.4. The monoisotopic (exact) mass is 812 g/mol. The molecule has 0 amide bonds. The van der Waals surface area contributed by atoms with Gasteiger partial charge in [-0.05, 0) is 73.9 Å². The zero-order chi connectivity index (χ0) is 37.9. The van der Waals surface area contributed by atoms with Crippen molar-refractivity contribution in [2.75, 3.05) is 11.5 Å². The van der Waals surface area contributed by atoms with E-state index in [1.807, 2.05) is 0 Å². The highest BCUT2D eigenvalue weighted by Crippen LogP contribution is 2.67. The van der Waals surface area contributed by atoms with Crippen LogP contribution in [0.15, 0.2) is 56.9 Å². The summed E-state index contributed by atoms with van der Waals surface area (Å²) in [6, 6.07) is 17.1. The Kier molecular flexibility index (Phi) is 11.5. The van der Waals surface area contributed by atoms with Gasteiger partial charge in [0.05, 0.1) is 35.7 Å². The number of allylic oxidation sites excluding steroid dienone is 2. The summed E-state index contributed by atoms with van der Waals surface area (Å²) in [6.07, 6.45) is 1.45. The Morgan fingerprint density at radius 3 is 1.12 bits per heavy atom. The first-order valence-electron chi connectivity index (χ1n) is 17.0. The Labute approximate surface area is 317 Å². The number of rotatable bonds is 12. The molecule has 51 heavy (non-hydrogen) atoms. The third-order valence-electron chi connectivity index (χ3n) is 9.82. The number of hydrogen-bond donors (Lipinski definition) is 0. The molecule has 0 N–H and O–H groups in total. The largest absolute Gasteiger partial charge is 0.380 e. The molecule has 12 heteroatoms. The van der Waals surface area contributed by atoms with Gasteiger partial charge >= 0.3 is 17.8 Å². The highest BCUT2D eigenvalue weighted by Gasteiger charge is 2.80. The molecule has 1 aliphatic carbocycles. The van der Waals surface area contributed by atoms with E-state index >= 15 is 26.3 Å². The molecular weight excluding hydrogens is 767 g/mol. The van der Waals surface area contributed by atoms with E-state index in [1.54, 1.807) is 27.7 Å². The van der Waals surface area contributed by atoms with Gasteiger partial charge in [-0.2, -0.15) is 26.3 Å². The molecule has 0 saturated heterocycles. The van der Waals surface area contributed by atoms with E-state index in [0.29, 0.717) is 42.2 Å². The maximum Gasteiger partial charge on any atom is 0.380 e. The van der Waals surface area contributed by atoms with Gasteiger partial charge in [-0.3, -0.25) is 0 Å². The van der Waals surface area contributed by atoms with E-state index in [1.165, 1.54) is 33.9 Å². The Morgan fingerprint density at radius 2 is 0.824 bits per heavy atom. The molecule has 0 nitrogen and oxygen atoms in total. The molecule has 0 saturated carbocycles. The Morgan fingerprint density at radius 1 is 0.510 bits per heavy atom. The van der Waals surface area contributed by atoms with Crippen LogP contribution in [0.25, 0.3) is 11.1 Å². The number of thioether (sulfide) groups is 2. The van der Waals surface area contributed by atoms with E-state index in [2.05, 4.69) is 87.8 Å². The summed E-state index contributed by atoms with van der Waals surface area (Å²) in [6.45, 7) is 20.3. The molecule has 2 aromatic carbocycles. The maximum absolute atomic E-state index is 15.9. The molecule has 0 atom stereocenters. The summed E-state index contributed by atoms with van der Waals surface area (Å²) in [5.41, 5.74) is 1.79. The fourth-order valence-corrected chi connectivity index (χ4v) is 13.9. The second-order valence-electron chi connectivity index (χ2n) is 15.5. The smallest absolute Gasteiger partial charge is 0.194 e. The maximum atomic E-state index is 15.9. The van der Waals surface area contributed by atoms with Crippen LogP contribution in [0, 0.1) is 27.7 Å². The van der Waals surface area contributed by atoms with Crippen molar-refractivity contribution in [3.63, 3.8) is 0 Å². The van der Waals surface area contributed by atoms with Crippen molar-refractivity contribution in [1.29, 1.82) is 0 Å². The van der Waals surface area contributed by atoms with Gasteiger partial charge in [-0.25, -0.2) is 0 Å². The van der Waals surface area contributed by atoms with Gasteiger partial charge in [-0.15, -0.1) is 46.2 Å². The fourth-order valence-electron chi connectivity index (χ4n) is 6.09. The van der Waals surface area contributed by atoms with Gasteiger partial charge in [0.2, 0.25) is 0 Å². The lowest BCUT2D eigenvalue weighted by Crippen LogP contribution is -2.48. The molecule has 0 fully saturated rings. The summed E-state index contributed by atoms with van der Waals surface area (Å²) in [5.74, 6) is -14.4. The minimum atomic E-state index is -5.58. The molecule has 0 bridgehead atoms. The van der Waals surface area contributed by atoms with Gasteiger partial charge in [0.15, 0.2) is 0 Å². The van der Waals surface area contributed by atoms with Crippen LogP contribution < -0.4 is 10.4 Å². The van der Waals surface area contributed by atoms with Crippen molar-refractivity contribution in [3.05, 3.63) is 91.7 Å². The van der Waals surface area contributed by atoms with Gasteiger partial charge in [0.25, 0.3) is 0 Å². The molecular formula is C39H46F6S4Si2. The number of aryl methyl sites for hydroxylation is 2. The van der Waals surface area contributed by atoms with Crippen LogP contribution in [0.5, 0.6) is 0 Å². The highest BCUT2D eigenvalue weighted by atomic mass is 32.2. The average Bonchev–Trinajstić information content (AvgIpc) is 3.51. The summed E-state index contributed by atoms with van der Waals surface area (Å²) >= 11 is 4.74. The van der Waals surface area contributed by atoms with Crippen LogP contribution in [0.2, 0.25) is 39.3 Å². The van der Waals surface area contributed by atoms with Crippen LogP contribution >= 0.6 is 46.2 Å². The third-order valence-corrected chi connectivity index (χ3v) is 19.5. The van der Waals surface area contributed by atoms with Crippen LogP contribution in [0.1, 0.15) is 43.1 Å².